The zero-order valence-electron chi connectivity index (χ0n) is 8.30. The predicted molar refractivity (Wildman–Crippen MR) is 48.4 cm³/mol. The van der Waals surface area contributed by atoms with Crippen LogP contribution >= 0.6 is 0 Å². The van der Waals surface area contributed by atoms with E-state index in [2.05, 4.69) is 10.3 Å². The Morgan fingerprint density at radius 1 is 1.53 bits per heavy atom. The number of hydrogen-bond donors (Lipinski definition) is 1. The molecule has 0 aromatic carbocycles. The van der Waals surface area contributed by atoms with Crippen molar-refractivity contribution >= 4 is 0 Å². The second-order valence-electron chi connectivity index (χ2n) is 3.72. The quantitative estimate of drug-likeness (QED) is 0.721. The molecular weight excluding hydrogens is 207 g/mol. The number of imidazole rings is 1. The van der Waals surface area contributed by atoms with Crippen LogP contribution in [0.3, 0.4) is 0 Å². The van der Waals surface area contributed by atoms with Crippen LogP contribution in [0, 0.1) is 6.92 Å². The lowest BCUT2D eigenvalue weighted by Gasteiger charge is -2.18. The normalized spacial score (nSPS) is 22.3. The molecule has 1 aliphatic heterocycles. The standard InChI is InChI=1S/C9H12F3N3/c1-6-5-15-4-2-3-13-7(8(15)14-6)9(10,11)12/h5,7,13H,2-4H2,1H3. The van der Waals surface area contributed by atoms with Gasteiger partial charge in [-0.15, -0.1) is 0 Å². The second-order valence-corrected chi connectivity index (χ2v) is 3.72. The van der Waals surface area contributed by atoms with Crippen molar-refractivity contribution in [2.45, 2.75) is 32.1 Å². The maximum atomic E-state index is 12.7. The van der Waals surface area contributed by atoms with E-state index in [1.807, 2.05) is 0 Å². The summed E-state index contributed by atoms with van der Waals surface area (Å²) >= 11 is 0. The van der Waals surface area contributed by atoms with E-state index >= 15 is 0 Å². The number of nitrogens with one attached hydrogen (secondary N) is 1. The summed E-state index contributed by atoms with van der Waals surface area (Å²) in [6.07, 6.45) is -1.92. The number of nitrogens with zero attached hydrogens (tertiary/aromatic N) is 2. The molecule has 2 rings (SSSR count). The Bertz CT molecular complexity index is 356. The van der Waals surface area contributed by atoms with Gasteiger partial charge in [0.25, 0.3) is 0 Å². The number of halogens is 3. The molecule has 1 N–H and O–H groups in total. The van der Waals surface area contributed by atoms with Gasteiger partial charge in [0.05, 0.1) is 5.69 Å². The summed E-state index contributed by atoms with van der Waals surface area (Å²) in [6, 6.07) is -1.63. The molecule has 0 saturated heterocycles. The van der Waals surface area contributed by atoms with E-state index in [1.54, 1.807) is 17.7 Å². The monoisotopic (exact) mass is 219 g/mol. The molecule has 84 valence electrons. The van der Waals surface area contributed by atoms with Crippen LogP contribution in [0.25, 0.3) is 0 Å². The molecule has 1 aromatic heterocycles. The minimum absolute atomic E-state index is 0.0810. The highest BCUT2D eigenvalue weighted by molar-refractivity contribution is 5.09. The fourth-order valence-electron chi connectivity index (χ4n) is 1.82. The lowest BCUT2D eigenvalue weighted by Crippen LogP contribution is -2.34. The van der Waals surface area contributed by atoms with Gasteiger partial charge in [-0.3, -0.25) is 5.32 Å². The Balaban J connectivity index is 2.40. The van der Waals surface area contributed by atoms with E-state index in [0.717, 1.165) is 0 Å². The minimum Gasteiger partial charge on any atom is -0.333 e. The van der Waals surface area contributed by atoms with E-state index < -0.39 is 12.2 Å². The van der Waals surface area contributed by atoms with Crippen molar-refractivity contribution in [2.24, 2.45) is 0 Å². The van der Waals surface area contributed by atoms with Crippen LogP contribution in [-0.4, -0.2) is 22.3 Å². The van der Waals surface area contributed by atoms with E-state index in [-0.39, 0.29) is 5.82 Å². The first-order valence-corrected chi connectivity index (χ1v) is 4.82. The van der Waals surface area contributed by atoms with Gasteiger partial charge in [-0.2, -0.15) is 13.2 Å². The molecule has 0 spiro atoms. The van der Waals surface area contributed by atoms with Crippen LogP contribution < -0.4 is 5.32 Å². The highest BCUT2D eigenvalue weighted by Gasteiger charge is 2.43. The Labute approximate surface area is 85.3 Å². The number of aryl methyl sites for hydroxylation is 2. The van der Waals surface area contributed by atoms with Crippen molar-refractivity contribution in [3.8, 4) is 0 Å². The predicted octanol–water partition coefficient (Wildman–Crippen LogP) is 1.79. The molecule has 0 aliphatic carbocycles. The highest BCUT2D eigenvalue weighted by atomic mass is 19.4. The molecule has 1 aromatic rings. The number of aromatic nitrogens is 2. The summed E-state index contributed by atoms with van der Waals surface area (Å²) in [7, 11) is 0. The first-order valence-electron chi connectivity index (χ1n) is 4.82. The van der Waals surface area contributed by atoms with Gasteiger partial charge in [0, 0.05) is 12.7 Å². The summed E-state index contributed by atoms with van der Waals surface area (Å²) in [5, 5.41) is 2.48. The minimum atomic E-state index is -4.28. The number of hydrogen-bond acceptors (Lipinski definition) is 2. The molecule has 0 amide bonds. The van der Waals surface area contributed by atoms with Crippen molar-refractivity contribution < 1.29 is 13.2 Å². The largest absolute Gasteiger partial charge is 0.410 e. The first-order chi connectivity index (χ1) is 6.98. The lowest BCUT2D eigenvalue weighted by molar-refractivity contribution is -0.159. The first kappa shape index (κ1) is 10.5. The maximum Gasteiger partial charge on any atom is 0.410 e. The number of fused-ring (bicyclic) bond motifs is 1. The summed E-state index contributed by atoms with van der Waals surface area (Å²) in [4.78, 5) is 3.94. The van der Waals surface area contributed by atoms with Gasteiger partial charge in [-0.1, -0.05) is 0 Å². The summed E-state index contributed by atoms with van der Waals surface area (Å²) < 4.78 is 39.7. The molecular formula is C9H12F3N3. The molecule has 6 heteroatoms. The molecule has 3 nitrogen and oxygen atoms in total. The van der Waals surface area contributed by atoms with Crippen molar-refractivity contribution in [3.63, 3.8) is 0 Å². The van der Waals surface area contributed by atoms with E-state index in [0.29, 0.717) is 25.2 Å². The average Bonchev–Trinajstić information content (AvgIpc) is 2.32. The molecule has 0 radical (unpaired) electrons. The topological polar surface area (TPSA) is 29.9 Å². The summed E-state index contributed by atoms with van der Waals surface area (Å²) in [6.45, 7) is 2.66. The van der Waals surface area contributed by atoms with Gasteiger partial charge in [-0.25, -0.2) is 4.98 Å². The van der Waals surface area contributed by atoms with Gasteiger partial charge in [-0.05, 0) is 19.9 Å². The van der Waals surface area contributed by atoms with Crippen molar-refractivity contribution in [3.05, 3.63) is 17.7 Å². The smallest absolute Gasteiger partial charge is 0.333 e. The molecule has 0 fully saturated rings. The molecule has 1 aliphatic rings. The zero-order chi connectivity index (χ0) is 11.1. The number of alkyl halides is 3. The van der Waals surface area contributed by atoms with Crippen LogP contribution in [0.1, 0.15) is 24.0 Å². The Hall–Kier alpha value is -1.04. The van der Waals surface area contributed by atoms with Gasteiger partial charge < -0.3 is 4.57 Å². The van der Waals surface area contributed by atoms with Crippen LogP contribution in [0.2, 0.25) is 0 Å². The fraction of sp³-hybridized carbons (Fsp3) is 0.667. The second kappa shape index (κ2) is 3.52. The molecule has 0 saturated carbocycles. The molecule has 1 unspecified atom stereocenters. The highest BCUT2D eigenvalue weighted by Crippen LogP contribution is 2.33. The van der Waals surface area contributed by atoms with E-state index in [1.165, 1.54) is 0 Å². The molecule has 0 bridgehead atoms. The Morgan fingerprint density at radius 3 is 2.93 bits per heavy atom. The van der Waals surface area contributed by atoms with Gasteiger partial charge >= 0.3 is 6.18 Å². The SMILES string of the molecule is Cc1cn2c(n1)C(C(F)(F)F)NCCC2. The average molecular weight is 219 g/mol. The lowest BCUT2D eigenvalue weighted by atomic mass is 10.2. The molecule has 15 heavy (non-hydrogen) atoms. The van der Waals surface area contributed by atoms with Gasteiger partial charge in [0.2, 0.25) is 0 Å². The summed E-state index contributed by atoms with van der Waals surface area (Å²) in [5.41, 5.74) is 0.628. The van der Waals surface area contributed by atoms with Crippen LogP contribution in [0.4, 0.5) is 13.2 Å². The number of rotatable bonds is 0. The van der Waals surface area contributed by atoms with E-state index in [9.17, 15) is 13.2 Å². The molecule has 1 atom stereocenters. The van der Waals surface area contributed by atoms with E-state index in [4.69, 9.17) is 0 Å². The van der Waals surface area contributed by atoms with Gasteiger partial charge in [0.15, 0.2) is 6.04 Å². The van der Waals surface area contributed by atoms with Gasteiger partial charge in [0.1, 0.15) is 5.82 Å². The third kappa shape index (κ3) is 1.99. The Kier molecular flexibility index (Phi) is 2.46. The van der Waals surface area contributed by atoms with Crippen molar-refractivity contribution in [2.75, 3.05) is 6.54 Å². The third-order valence-corrected chi connectivity index (χ3v) is 2.44. The molecule has 2 heterocycles. The van der Waals surface area contributed by atoms with Crippen molar-refractivity contribution in [1.82, 2.24) is 14.9 Å². The fourth-order valence-corrected chi connectivity index (χ4v) is 1.82. The van der Waals surface area contributed by atoms with Crippen LogP contribution in [0.5, 0.6) is 0 Å². The summed E-state index contributed by atoms with van der Waals surface area (Å²) in [5.74, 6) is 0.0810. The van der Waals surface area contributed by atoms with Crippen molar-refractivity contribution in [1.29, 1.82) is 0 Å². The third-order valence-electron chi connectivity index (χ3n) is 2.44. The maximum absolute atomic E-state index is 12.7. The Morgan fingerprint density at radius 2 is 2.27 bits per heavy atom. The zero-order valence-corrected chi connectivity index (χ0v) is 8.30. The van der Waals surface area contributed by atoms with Crippen LogP contribution in [-0.2, 0) is 6.54 Å². The van der Waals surface area contributed by atoms with Crippen LogP contribution in [0.15, 0.2) is 6.20 Å².